The van der Waals surface area contributed by atoms with Crippen molar-refractivity contribution < 1.29 is 22.8 Å². The fraction of sp³-hybridized carbons (Fsp3) is 0.391. The molecule has 1 aliphatic heterocycles. The van der Waals surface area contributed by atoms with Crippen molar-refractivity contribution in [2.24, 2.45) is 0 Å². The van der Waals surface area contributed by atoms with Crippen molar-refractivity contribution in [3.63, 3.8) is 0 Å². The maximum atomic E-state index is 12.9. The number of hydrogen-bond donors (Lipinski definition) is 2. The van der Waals surface area contributed by atoms with E-state index in [9.17, 15) is 22.8 Å². The number of halogens is 3. The molecule has 3 rings (SSSR count). The number of nitrogens with one attached hydrogen (secondary N) is 2. The SMILES string of the molecule is CCNC(=O)N1CCC[C@@H](c2cccc(C(=O)NCc3cccc(C(F)(F)F)c3)c2)C1. The van der Waals surface area contributed by atoms with Crippen LogP contribution in [0.3, 0.4) is 0 Å². The second kappa shape index (κ2) is 9.85. The number of hydrogen-bond acceptors (Lipinski definition) is 2. The molecule has 0 bridgehead atoms. The average molecular weight is 433 g/mol. The Morgan fingerprint density at radius 2 is 1.87 bits per heavy atom. The van der Waals surface area contributed by atoms with Crippen molar-refractivity contribution in [1.29, 1.82) is 0 Å². The van der Waals surface area contributed by atoms with Crippen LogP contribution in [0.15, 0.2) is 48.5 Å². The highest BCUT2D eigenvalue weighted by Gasteiger charge is 2.30. The molecule has 0 saturated carbocycles. The van der Waals surface area contributed by atoms with Gasteiger partial charge in [0.25, 0.3) is 5.91 Å². The van der Waals surface area contributed by atoms with Gasteiger partial charge in [-0.1, -0.05) is 24.3 Å². The first kappa shape index (κ1) is 22.7. The first-order valence-corrected chi connectivity index (χ1v) is 10.3. The van der Waals surface area contributed by atoms with Crippen LogP contribution in [-0.4, -0.2) is 36.5 Å². The summed E-state index contributed by atoms with van der Waals surface area (Å²) >= 11 is 0. The number of alkyl halides is 3. The largest absolute Gasteiger partial charge is 0.416 e. The molecule has 2 aromatic carbocycles. The minimum atomic E-state index is -4.42. The Hall–Kier alpha value is -3.03. The predicted octanol–water partition coefficient (Wildman–Crippen LogP) is 4.54. The molecule has 166 valence electrons. The number of rotatable bonds is 5. The van der Waals surface area contributed by atoms with Gasteiger partial charge in [-0.2, -0.15) is 13.2 Å². The molecule has 1 atom stereocenters. The quantitative estimate of drug-likeness (QED) is 0.727. The van der Waals surface area contributed by atoms with Crippen LogP contribution in [0.2, 0.25) is 0 Å². The molecule has 0 spiro atoms. The topological polar surface area (TPSA) is 61.4 Å². The van der Waals surface area contributed by atoms with E-state index in [1.54, 1.807) is 29.2 Å². The van der Waals surface area contributed by atoms with Gasteiger partial charge in [-0.15, -0.1) is 0 Å². The number of piperidine rings is 1. The van der Waals surface area contributed by atoms with E-state index in [2.05, 4.69) is 10.6 Å². The van der Waals surface area contributed by atoms with Crippen molar-refractivity contribution >= 4 is 11.9 Å². The monoisotopic (exact) mass is 433 g/mol. The molecule has 1 heterocycles. The van der Waals surface area contributed by atoms with Gasteiger partial charge < -0.3 is 15.5 Å². The number of carbonyl (C=O) groups excluding carboxylic acids is 2. The fourth-order valence-electron chi connectivity index (χ4n) is 3.77. The molecule has 1 fully saturated rings. The third kappa shape index (κ3) is 5.99. The maximum Gasteiger partial charge on any atom is 0.416 e. The number of urea groups is 1. The Kier molecular flexibility index (Phi) is 7.20. The van der Waals surface area contributed by atoms with Crippen molar-refractivity contribution in [2.75, 3.05) is 19.6 Å². The second-order valence-corrected chi connectivity index (χ2v) is 7.63. The smallest absolute Gasteiger partial charge is 0.348 e. The summed E-state index contributed by atoms with van der Waals surface area (Å²) in [6.07, 6.45) is -2.62. The van der Waals surface area contributed by atoms with Gasteiger partial charge in [0.15, 0.2) is 0 Å². The minimum absolute atomic E-state index is 0.00137. The van der Waals surface area contributed by atoms with Gasteiger partial charge in [0.05, 0.1) is 5.56 Å². The number of likely N-dealkylation sites (tertiary alicyclic amines) is 1. The zero-order chi connectivity index (χ0) is 22.4. The molecule has 0 aliphatic carbocycles. The van der Waals surface area contributed by atoms with E-state index in [1.165, 1.54) is 6.07 Å². The Labute approximate surface area is 179 Å². The van der Waals surface area contributed by atoms with Crippen LogP contribution in [0.25, 0.3) is 0 Å². The molecule has 2 aromatic rings. The lowest BCUT2D eigenvalue weighted by atomic mass is 9.89. The summed E-state index contributed by atoms with van der Waals surface area (Å²) in [5, 5.41) is 5.50. The van der Waals surface area contributed by atoms with Gasteiger partial charge in [-0.05, 0) is 55.2 Å². The lowest BCUT2D eigenvalue weighted by molar-refractivity contribution is -0.137. The molecule has 31 heavy (non-hydrogen) atoms. The highest BCUT2D eigenvalue weighted by atomic mass is 19.4. The summed E-state index contributed by atoms with van der Waals surface area (Å²) < 4.78 is 38.6. The molecule has 8 heteroatoms. The van der Waals surface area contributed by atoms with Crippen LogP contribution in [0.4, 0.5) is 18.0 Å². The molecule has 0 unspecified atom stereocenters. The summed E-state index contributed by atoms with van der Waals surface area (Å²) in [7, 11) is 0. The Morgan fingerprint density at radius 1 is 1.10 bits per heavy atom. The van der Waals surface area contributed by atoms with Crippen molar-refractivity contribution in [3.05, 3.63) is 70.8 Å². The number of carbonyl (C=O) groups is 2. The lowest BCUT2D eigenvalue weighted by Gasteiger charge is -2.33. The summed E-state index contributed by atoms with van der Waals surface area (Å²) in [5.74, 6) is -0.219. The molecule has 1 saturated heterocycles. The summed E-state index contributed by atoms with van der Waals surface area (Å²) in [6, 6.07) is 12.0. The zero-order valence-electron chi connectivity index (χ0n) is 17.3. The number of amides is 3. The molecule has 5 nitrogen and oxygen atoms in total. The molecule has 2 N–H and O–H groups in total. The van der Waals surface area contributed by atoms with Gasteiger partial charge in [0.1, 0.15) is 0 Å². The Bertz CT molecular complexity index is 930. The molecule has 0 radical (unpaired) electrons. The van der Waals surface area contributed by atoms with E-state index < -0.39 is 11.7 Å². The van der Waals surface area contributed by atoms with Crippen LogP contribution in [0, 0.1) is 0 Å². The van der Waals surface area contributed by atoms with Gasteiger partial charge in [0, 0.05) is 37.7 Å². The molecular formula is C23H26F3N3O2. The summed E-state index contributed by atoms with van der Waals surface area (Å²) in [5.41, 5.74) is 1.06. The van der Waals surface area contributed by atoms with Crippen LogP contribution < -0.4 is 10.6 Å². The molecule has 0 aromatic heterocycles. The first-order valence-electron chi connectivity index (χ1n) is 10.3. The molecular weight excluding hydrogens is 407 g/mol. The number of nitrogens with zero attached hydrogens (tertiary/aromatic N) is 1. The van der Waals surface area contributed by atoms with E-state index in [1.807, 2.05) is 13.0 Å². The van der Waals surface area contributed by atoms with Crippen molar-refractivity contribution in [3.8, 4) is 0 Å². The van der Waals surface area contributed by atoms with E-state index >= 15 is 0 Å². The predicted molar refractivity (Wildman–Crippen MR) is 112 cm³/mol. The molecule has 3 amide bonds. The fourth-order valence-corrected chi connectivity index (χ4v) is 3.77. The van der Waals surface area contributed by atoms with Crippen molar-refractivity contribution in [1.82, 2.24) is 15.5 Å². The zero-order valence-corrected chi connectivity index (χ0v) is 17.3. The average Bonchev–Trinajstić information content (AvgIpc) is 2.77. The summed E-state index contributed by atoms with van der Waals surface area (Å²) in [6.45, 7) is 3.74. The number of benzene rings is 2. The van der Waals surface area contributed by atoms with Crippen LogP contribution in [0.1, 0.15) is 52.7 Å². The van der Waals surface area contributed by atoms with Crippen LogP contribution in [-0.2, 0) is 12.7 Å². The van der Waals surface area contributed by atoms with E-state index in [0.29, 0.717) is 30.8 Å². The van der Waals surface area contributed by atoms with E-state index in [-0.39, 0.29) is 24.4 Å². The Morgan fingerprint density at radius 3 is 2.61 bits per heavy atom. The second-order valence-electron chi connectivity index (χ2n) is 7.63. The lowest BCUT2D eigenvalue weighted by Crippen LogP contribution is -2.44. The van der Waals surface area contributed by atoms with Gasteiger partial charge in [0.2, 0.25) is 0 Å². The van der Waals surface area contributed by atoms with Crippen LogP contribution in [0.5, 0.6) is 0 Å². The van der Waals surface area contributed by atoms with E-state index in [0.717, 1.165) is 30.5 Å². The van der Waals surface area contributed by atoms with Gasteiger partial charge >= 0.3 is 12.2 Å². The first-order chi connectivity index (χ1) is 14.8. The van der Waals surface area contributed by atoms with Gasteiger partial charge in [-0.3, -0.25) is 4.79 Å². The summed E-state index contributed by atoms with van der Waals surface area (Å²) in [4.78, 5) is 26.5. The Balaban J connectivity index is 1.64. The highest BCUT2D eigenvalue weighted by molar-refractivity contribution is 5.94. The normalized spacial score (nSPS) is 16.6. The molecule has 1 aliphatic rings. The highest BCUT2D eigenvalue weighted by Crippen LogP contribution is 2.30. The minimum Gasteiger partial charge on any atom is -0.348 e. The standard InChI is InChI=1S/C23H26F3N3O2/c1-2-27-22(31)29-11-5-9-19(15-29)17-7-4-8-18(13-17)21(30)28-14-16-6-3-10-20(12-16)23(24,25)26/h3-4,6-8,10,12-13,19H,2,5,9,11,14-15H2,1H3,(H,27,31)(H,28,30)/t19-/m1/s1. The van der Waals surface area contributed by atoms with Crippen molar-refractivity contribution in [2.45, 2.75) is 38.4 Å². The maximum absolute atomic E-state index is 12.9. The third-order valence-corrected chi connectivity index (χ3v) is 5.36. The van der Waals surface area contributed by atoms with Gasteiger partial charge in [-0.25, -0.2) is 4.79 Å². The third-order valence-electron chi connectivity index (χ3n) is 5.36. The van der Waals surface area contributed by atoms with E-state index in [4.69, 9.17) is 0 Å². The van der Waals surface area contributed by atoms with Crippen LogP contribution >= 0.6 is 0 Å².